The number of alkyl halides is 6. The van der Waals surface area contributed by atoms with Crippen molar-refractivity contribution in [3.05, 3.63) is 72.6 Å². The van der Waals surface area contributed by atoms with Crippen molar-refractivity contribution in [2.45, 2.75) is 12.4 Å². The van der Waals surface area contributed by atoms with E-state index in [1.54, 1.807) is 35.4 Å². The van der Waals surface area contributed by atoms with Gasteiger partial charge in [-0.25, -0.2) is 24.1 Å². The summed E-state index contributed by atoms with van der Waals surface area (Å²) in [4.78, 5) is 22.7. The number of halogens is 7. The second-order valence-electron chi connectivity index (χ2n) is 8.63. The Labute approximate surface area is 232 Å². The summed E-state index contributed by atoms with van der Waals surface area (Å²) < 4.78 is 97.9. The molecule has 1 aliphatic heterocycles. The normalized spacial score (nSPS) is 13.7. The first-order valence-electron chi connectivity index (χ1n) is 12.0. The molecule has 0 aliphatic carbocycles. The third-order valence-electron chi connectivity index (χ3n) is 5.74. The van der Waals surface area contributed by atoms with E-state index in [0.29, 0.717) is 43.4 Å². The lowest BCUT2D eigenvalue weighted by Gasteiger charge is -2.29. The Kier molecular flexibility index (Phi) is 8.94. The Morgan fingerprint density at radius 1 is 0.952 bits per heavy atom. The van der Waals surface area contributed by atoms with Gasteiger partial charge in [-0.3, -0.25) is 0 Å². The Bertz CT molecular complexity index is 1510. The van der Waals surface area contributed by atoms with Crippen LogP contribution >= 0.6 is 0 Å². The highest BCUT2D eigenvalue weighted by atomic mass is 19.4. The number of aliphatic carboxylic acids is 1. The SMILES string of the molecule is Fc1cnc(Nc2ccc(-c3cnco3)cc2)nc1-c1cc(N2CCOCC2)cc(C(F)(F)F)c1.O=C(O)C(F)(F)F. The summed E-state index contributed by atoms with van der Waals surface area (Å²) >= 11 is 0. The minimum atomic E-state index is -5.08. The molecular weight excluding hydrogens is 579 g/mol. The maximum absolute atomic E-state index is 14.7. The summed E-state index contributed by atoms with van der Waals surface area (Å²) in [6.07, 6.45) is -5.85. The lowest BCUT2D eigenvalue weighted by Crippen LogP contribution is -2.36. The van der Waals surface area contributed by atoms with Crippen LogP contribution in [0.1, 0.15) is 5.56 Å². The van der Waals surface area contributed by atoms with Crippen LogP contribution in [-0.4, -0.2) is 58.5 Å². The number of morpholine rings is 1. The number of benzene rings is 2. The van der Waals surface area contributed by atoms with E-state index in [4.69, 9.17) is 19.1 Å². The van der Waals surface area contributed by atoms with Gasteiger partial charge in [-0.2, -0.15) is 26.3 Å². The molecule has 222 valence electrons. The van der Waals surface area contributed by atoms with E-state index in [0.717, 1.165) is 23.9 Å². The van der Waals surface area contributed by atoms with E-state index in [-0.39, 0.29) is 17.2 Å². The Morgan fingerprint density at radius 3 is 2.19 bits per heavy atom. The van der Waals surface area contributed by atoms with E-state index in [1.165, 1.54) is 12.5 Å². The average molecular weight is 599 g/mol. The van der Waals surface area contributed by atoms with Gasteiger partial charge in [0.05, 0.1) is 31.2 Å². The highest BCUT2D eigenvalue weighted by molar-refractivity contribution is 5.73. The predicted molar refractivity (Wildman–Crippen MR) is 134 cm³/mol. The van der Waals surface area contributed by atoms with Gasteiger partial charge >= 0.3 is 18.3 Å². The number of carboxylic acids is 1. The van der Waals surface area contributed by atoms with Crippen molar-refractivity contribution in [1.82, 2.24) is 15.0 Å². The van der Waals surface area contributed by atoms with Crippen LogP contribution in [0.2, 0.25) is 0 Å². The number of ether oxygens (including phenoxy) is 1. The van der Waals surface area contributed by atoms with Gasteiger partial charge in [-0.05, 0) is 42.5 Å². The maximum Gasteiger partial charge on any atom is 0.490 e. The number of aromatic nitrogens is 3. The first kappa shape index (κ1) is 30.2. The molecule has 5 rings (SSSR count). The predicted octanol–water partition coefficient (Wildman–Crippen LogP) is 6.17. The topological polar surface area (TPSA) is 114 Å². The fourth-order valence-electron chi connectivity index (χ4n) is 3.75. The first-order chi connectivity index (χ1) is 19.8. The molecule has 2 aromatic heterocycles. The van der Waals surface area contributed by atoms with Crippen LogP contribution in [0.25, 0.3) is 22.6 Å². The van der Waals surface area contributed by atoms with E-state index in [1.807, 2.05) is 0 Å². The first-order valence-corrected chi connectivity index (χ1v) is 12.0. The van der Waals surface area contributed by atoms with Crippen LogP contribution in [0.4, 0.5) is 48.1 Å². The molecule has 9 nitrogen and oxygen atoms in total. The van der Waals surface area contributed by atoms with Gasteiger partial charge in [0.15, 0.2) is 18.0 Å². The van der Waals surface area contributed by atoms with Crippen molar-refractivity contribution in [2.75, 3.05) is 36.5 Å². The number of hydrogen-bond acceptors (Lipinski definition) is 8. The second kappa shape index (κ2) is 12.4. The van der Waals surface area contributed by atoms with Crippen molar-refractivity contribution in [1.29, 1.82) is 0 Å². The van der Waals surface area contributed by atoms with Crippen molar-refractivity contribution >= 4 is 23.3 Å². The number of nitrogens with zero attached hydrogens (tertiary/aromatic N) is 4. The summed E-state index contributed by atoms with van der Waals surface area (Å²) in [5.41, 5.74) is 0.615. The molecule has 4 aromatic rings. The van der Waals surface area contributed by atoms with E-state index >= 15 is 0 Å². The maximum atomic E-state index is 14.7. The molecule has 0 spiro atoms. The summed E-state index contributed by atoms with van der Waals surface area (Å²) in [5, 5.41) is 10.1. The highest BCUT2D eigenvalue weighted by Gasteiger charge is 2.38. The molecule has 0 unspecified atom stereocenters. The Morgan fingerprint density at radius 2 is 1.62 bits per heavy atom. The van der Waals surface area contributed by atoms with Crippen LogP contribution in [0, 0.1) is 5.82 Å². The van der Waals surface area contributed by atoms with Crippen molar-refractivity contribution < 1.29 is 49.8 Å². The van der Waals surface area contributed by atoms with Crippen LogP contribution in [-0.2, 0) is 15.7 Å². The van der Waals surface area contributed by atoms with Gasteiger partial charge in [0.2, 0.25) is 5.95 Å². The van der Waals surface area contributed by atoms with Crippen LogP contribution < -0.4 is 10.2 Å². The zero-order chi connectivity index (χ0) is 30.5. The fourth-order valence-corrected chi connectivity index (χ4v) is 3.75. The van der Waals surface area contributed by atoms with Gasteiger partial charge in [-0.15, -0.1) is 0 Å². The molecule has 0 amide bonds. The molecule has 0 bridgehead atoms. The lowest BCUT2D eigenvalue weighted by atomic mass is 10.0. The van der Waals surface area contributed by atoms with E-state index in [9.17, 15) is 30.7 Å². The number of nitrogens with one attached hydrogen (secondary N) is 1. The van der Waals surface area contributed by atoms with Crippen molar-refractivity contribution in [2.24, 2.45) is 0 Å². The molecule has 2 N–H and O–H groups in total. The number of hydrogen-bond donors (Lipinski definition) is 2. The minimum Gasteiger partial charge on any atom is -0.475 e. The Balaban J connectivity index is 0.000000517. The summed E-state index contributed by atoms with van der Waals surface area (Å²) in [6.45, 7) is 1.67. The number of carbonyl (C=O) groups is 1. The van der Waals surface area contributed by atoms with Crippen molar-refractivity contribution in [3.8, 4) is 22.6 Å². The van der Waals surface area contributed by atoms with E-state index in [2.05, 4.69) is 20.3 Å². The van der Waals surface area contributed by atoms with Gasteiger partial charge in [0.1, 0.15) is 5.69 Å². The molecule has 0 atom stereocenters. The highest BCUT2D eigenvalue weighted by Crippen LogP contribution is 2.36. The number of oxazole rings is 1. The summed E-state index contributed by atoms with van der Waals surface area (Å²) in [5.74, 6) is -2.95. The molecule has 3 heterocycles. The monoisotopic (exact) mass is 599 g/mol. The Hall–Kier alpha value is -4.73. The zero-order valence-corrected chi connectivity index (χ0v) is 21.2. The molecule has 2 aromatic carbocycles. The van der Waals surface area contributed by atoms with Crippen LogP contribution in [0.15, 0.2) is 65.7 Å². The van der Waals surface area contributed by atoms with Crippen LogP contribution in [0.5, 0.6) is 0 Å². The van der Waals surface area contributed by atoms with Crippen molar-refractivity contribution in [3.63, 3.8) is 0 Å². The summed E-state index contributed by atoms with van der Waals surface area (Å²) in [6, 6.07) is 10.5. The number of carboxylic acid groups (broad SMARTS) is 1. The van der Waals surface area contributed by atoms with Gasteiger partial charge in [0.25, 0.3) is 0 Å². The number of rotatable bonds is 5. The summed E-state index contributed by atoms with van der Waals surface area (Å²) in [7, 11) is 0. The third-order valence-corrected chi connectivity index (χ3v) is 5.74. The van der Waals surface area contributed by atoms with Crippen LogP contribution in [0.3, 0.4) is 0 Å². The molecule has 1 saturated heterocycles. The van der Waals surface area contributed by atoms with Gasteiger partial charge in [-0.1, -0.05) is 0 Å². The molecular formula is C26H20F7N5O4. The third kappa shape index (κ3) is 7.72. The molecule has 0 saturated carbocycles. The standard InChI is InChI=1S/C24H19F4N5O2.C2HF3O2/c25-20-12-30-23(31-18-3-1-15(2-4-18)21-13-29-14-35-21)32-22(20)16-9-17(24(26,27)28)11-19(10-16)33-5-7-34-8-6-33;3-2(4,5)1(6)7/h1-4,9-14H,5-8H2,(H,30,31,32);(H,6,7). The quantitative estimate of drug-likeness (QED) is 0.260. The minimum absolute atomic E-state index is 0.00457. The molecule has 0 radical (unpaired) electrons. The second-order valence-corrected chi connectivity index (χ2v) is 8.63. The van der Waals surface area contributed by atoms with Gasteiger partial charge < -0.3 is 24.5 Å². The largest absolute Gasteiger partial charge is 0.490 e. The average Bonchev–Trinajstić information content (AvgIpc) is 3.49. The zero-order valence-electron chi connectivity index (χ0n) is 21.2. The molecule has 1 aliphatic rings. The molecule has 16 heteroatoms. The lowest BCUT2D eigenvalue weighted by molar-refractivity contribution is -0.192. The fraction of sp³-hybridized carbons (Fsp3) is 0.231. The smallest absolute Gasteiger partial charge is 0.475 e. The molecule has 1 fully saturated rings. The van der Waals surface area contributed by atoms with Gasteiger partial charge in [0, 0.05) is 35.6 Å². The molecule has 42 heavy (non-hydrogen) atoms. The number of anilines is 3. The van der Waals surface area contributed by atoms with E-state index < -0.39 is 29.7 Å².